The SMILES string of the molecule is Cl.Cl.NCc1ccnc(N2CCCC2=O)c1. The van der Waals surface area contributed by atoms with E-state index >= 15 is 0 Å². The molecule has 2 N–H and O–H groups in total. The van der Waals surface area contributed by atoms with Crippen LogP contribution >= 0.6 is 24.8 Å². The van der Waals surface area contributed by atoms with Gasteiger partial charge in [0.15, 0.2) is 0 Å². The third-order valence-corrected chi connectivity index (χ3v) is 2.40. The van der Waals surface area contributed by atoms with Crippen LogP contribution < -0.4 is 10.6 Å². The first-order chi connectivity index (χ1) is 6.81. The van der Waals surface area contributed by atoms with Crippen LogP contribution in [0.2, 0.25) is 0 Å². The largest absolute Gasteiger partial charge is 0.326 e. The smallest absolute Gasteiger partial charge is 0.228 e. The van der Waals surface area contributed by atoms with Gasteiger partial charge in [-0.2, -0.15) is 0 Å². The van der Waals surface area contributed by atoms with Crippen molar-refractivity contribution >= 4 is 36.5 Å². The van der Waals surface area contributed by atoms with Crippen LogP contribution in [0.5, 0.6) is 0 Å². The van der Waals surface area contributed by atoms with Gasteiger partial charge in [-0.05, 0) is 24.1 Å². The van der Waals surface area contributed by atoms with Crippen molar-refractivity contribution in [1.82, 2.24) is 4.98 Å². The fourth-order valence-corrected chi connectivity index (χ4v) is 1.63. The average Bonchev–Trinajstić information content (AvgIpc) is 2.65. The van der Waals surface area contributed by atoms with Crippen molar-refractivity contribution in [1.29, 1.82) is 0 Å². The predicted octanol–water partition coefficient (Wildman–Crippen LogP) is 1.51. The topological polar surface area (TPSA) is 59.2 Å². The number of rotatable bonds is 2. The highest BCUT2D eigenvalue weighted by atomic mass is 35.5. The summed E-state index contributed by atoms with van der Waals surface area (Å²) in [6, 6.07) is 3.74. The lowest BCUT2D eigenvalue weighted by molar-refractivity contribution is -0.117. The Hall–Kier alpha value is -0.840. The zero-order valence-electron chi connectivity index (χ0n) is 8.76. The molecular formula is C10H15Cl2N3O. The van der Waals surface area contributed by atoms with Crippen LogP contribution in [-0.2, 0) is 11.3 Å². The van der Waals surface area contributed by atoms with E-state index < -0.39 is 0 Å². The molecule has 1 aromatic heterocycles. The van der Waals surface area contributed by atoms with Crippen molar-refractivity contribution in [2.45, 2.75) is 19.4 Å². The number of carbonyl (C=O) groups excluding carboxylic acids is 1. The van der Waals surface area contributed by atoms with Crippen molar-refractivity contribution in [3.8, 4) is 0 Å². The molecule has 1 saturated heterocycles. The molecule has 0 radical (unpaired) electrons. The summed E-state index contributed by atoms with van der Waals surface area (Å²) in [6.45, 7) is 1.26. The minimum Gasteiger partial charge on any atom is -0.326 e. The van der Waals surface area contributed by atoms with E-state index in [4.69, 9.17) is 5.73 Å². The number of anilines is 1. The maximum absolute atomic E-state index is 11.4. The highest BCUT2D eigenvalue weighted by Gasteiger charge is 2.22. The van der Waals surface area contributed by atoms with E-state index in [1.807, 2.05) is 12.1 Å². The fourth-order valence-electron chi connectivity index (χ4n) is 1.63. The van der Waals surface area contributed by atoms with E-state index in [1.54, 1.807) is 11.1 Å². The summed E-state index contributed by atoms with van der Waals surface area (Å²) in [5.74, 6) is 0.891. The fraction of sp³-hybridized carbons (Fsp3) is 0.400. The number of aromatic nitrogens is 1. The summed E-state index contributed by atoms with van der Waals surface area (Å²) in [5, 5.41) is 0. The summed E-state index contributed by atoms with van der Waals surface area (Å²) in [4.78, 5) is 17.3. The molecule has 0 aliphatic carbocycles. The molecule has 1 aromatic rings. The van der Waals surface area contributed by atoms with Gasteiger partial charge in [0.05, 0.1) is 0 Å². The Kier molecular flexibility index (Phi) is 6.33. The molecule has 90 valence electrons. The average molecular weight is 264 g/mol. The van der Waals surface area contributed by atoms with Crippen LogP contribution in [-0.4, -0.2) is 17.4 Å². The minimum absolute atomic E-state index is 0. The molecule has 0 unspecified atom stereocenters. The third kappa shape index (κ3) is 3.07. The van der Waals surface area contributed by atoms with Crippen molar-refractivity contribution < 1.29 is 4.79 Å². The number of amides is 1. The van der Waals surface area contributed by atoms with Gasteiger partial charge in [-0.1, -0.05) is 0 Å². The second-order valence-electron chi connectivity index (χ2n) is 3.38. The molecule has 1 amide bonds. The van der Waals surface area contributed by atoms with Crippen LogP contribution in [0, 0.1) is 0 Å². The van der Waals surface area contributed by atoms with Gasteiger partial charge < -0.3 is 5.73 Å². The van der Waals surface area contributed by atoms with Crippen molar-refractivity contribution in [3.05, 3.63) is 23.9 Å². The molecule has 4 nitrogen and oxygen atoms in total. The maximum Gasteiger partial charge on any atom is 0.228 e. The standard InChI is InChI=1S/C10H13N3O.2ClH/c11-7-8-3-4-12-9(6-8)13-5-1-2-10(13)14;;/h3-4,6H,1-2,5,7,11H2;2*1H. The monoisotopic (exact) mass is 263 g/mol. The molecule has 0 saturated carbocycles. The Morgan fingerprint density at radius 2 is 2.19 bits per heavy atom. The Balaban J connectivity index is 0.00000112. The number of nitrogens with two attached hydrogens (primary N) is 1. The number of hydrogen-bond acceptors (Lipinski definition) is 3. The number of hydrogen-bond donors (Lipinski definition) is 1. The lowest BCUT2D eigenvalue weighted by atomic mass is 10.2. The molecule has 1 aliphatic rings. The zero-order valence-corrected chi connectivity index (χ0v) is 10.4. The minimum atomic E-state index is 0. The molecule has 2 rings (SSSR count). The summed E-state index contributed by atoms with van der Waals surface area (Å²) in [5.41, 5.74) is 6.53. The molecular weight excluding hydrogens is 249 g/mol. The van der Waals surface area contributed by atoms with E-state index in [-0.39, 0.29) is 30.7 Å². The number of halogens is 2. The van der Waals surface area contributed by atoms with Crippen LogP contribution in [0.25, 0.3) is 0 Å². The molecule has 1 fully saturated rings. The number of pyridine rings is 1. The quantitative estimate of drug-likeness (QED) is 0.880. The Morgan fingerprint density at radius 3 is 2.75 bits per heavy atom. The van der Waals surface area contributed by atoms with E-state index in [2.05, 4.69) is 4.98 Å². The van der Waals surface area contributed by atoms with Crippen molar-refractivity contribution in [2.75, 3.05) is 11.4 Å². The first kappa shape index (κ1) is 15.2. The second kappa shape index (κ2) is 6.68. The van der Waals surface area contributed by atoms with Crippen LogP contribution in [0.15, 0.2) is 18.3 Å². The van der Waals surface area contributed by atoms with Crippen LogP contribution in [0.3, 0.4) is 0 Å². The molecule has 16 heavy (non-hydrogen) atoms. The summed E-state index contributed by atoms with van der Waals surface area (Å²) in [6.07, 6.45) is 3.25. The van der Waals surface area contributed by atoms with Crippen molar-refractivity contribution in [3.63, 3.8) is 0 Å². The number of carbonyl (C=O) groups is 1. The Labute approximate surface area is 107 Å². The zero-order chi connectivity index (χ0) is 9.97. The third-order valence-electron chi connectivity index (χ3n) is 2.40. The summed E-state index contributed by atoms with van der Waals surface area (Å²) >= 11 is 0. The normalized spacial score (nSPS) is 14.3. The van der Waals surface area contributed by atoms with Gasteiger partial charge in [0.1, 0.15) is 5.82 Å². The number of nitrogens with zero attached hydrogens (tertiary/aromatic N) is 2. The molecule has 0 aromatic carbocycles. The predicted molar refractivity (Wildman–Crippen MR) is 68.2 cm³/mol. The Bertz CT molecular complexity index is 360. The highest BCUT2D eigenvalue weighted by molar-refractivity contribution is 5.94. The summed E-state index contributed by atoms with van der Waals surface area (Å²) < 4.78 is 0. The van der Waals surface area contributed by atoms with Gasteiger partial charge in [-0.15, -0.1) is 24.8 Å². The molecule has 1 aliphatic heterocycles. The first-order valence-corrected chi connectivity index (χ1v) is 4.76. The molecule has 2 heterocycles. The van der Waals surface area contributed by atoms with Crippen LogP contribution in [0.4, 0.5) is 5.82 Å². The van der Waals surface area contributed by atoms with Crippen LogP contribution in [0.1, 0.15) is 18.4 Å². The van der Waals surface area contributed by atoms with Gasteiger partial charge in [0.2, 0.25) is 5.91 Å². The van der Waals surface area contributed by atoms with E-state index in [0.717, 1.165) is 24.3 Å². The molecule has 6 heteroatoms. The van der Waals surface area contributed by atoms with Gasteiger partial charge >= 0.3 is 0 Å². The second-order valence-corrected chi connectivity index (χ2v) is 3.38. The van der Waals surface area contributed by atoms with E-state index in [0.29, 0.717) is 13.0 Å². The maximum atomic E-state index is 11.4. The molecule has 0 spiro atoms. The Morgan fingerprint density at radius 1 is 1.44 bits per heavy atom. The van der Waals surface area contributed by atoms with Gasteiger partial charge in [-0.3, -0.25) is 9.69 Å². The molecule has 0 bridgehead atoms. The van der Waals surface area contributed by atoms with E-state index in [9.17, 15) is 4.79 Å². The van der Waals surface area contributed by atoms with Crippen molar-refractivity contribution in [2.24, 2.45) is 5.73 Å². The van der Waals surface area contributed by atoms with Gasteiger partial charge in [0.25, 0.3) is 0 Å². The molecule has 0 atom stereocenters. The first-order valence-electron chi connectivity index (χ1n) is 4.76. The highest BCUT2D eigenvalue weighted by Crippen LogP contribution is 2.19. The van der Waals surface area contributed by atoms with E-state index in [1.165, 1.54) is 0 Å². The summed E-state index contributed by atoms with van der Waals surface area (Å²) in [7, 11) is 0. The van der Waals surface area contributed by atoms with Gasteiger partial charge in [-0.25, -0.2) is 4.98 Å². The lowest BCUT2D eigenvalue weighted by Crippen LogP contribution is -2.24. The lowest BCUT2D eigenvalue weighted by Gasteiger charge is -2.14. The van der Waals surface area contributed by atoms with Gasteiger partial charge in [0, 0.05) is 25.7 Å².